The summed E-state index contributed by atoms with van der Waals surface area (Å²) in [7, 11) is 0. The van der Waals surface area contributed by atoms with Gasteiger partial charge in [0.05, 0.1) is 12.2 Å². The molecule has 2 rings (SSSR count). The molecular formula is C12H20IN5S. The Morgan fingerprint density at radius 1 is 1.53 bits per heavy atom. The lowest BCUT2D eigenvalue weighted by Crippen LogP contribution is -2.41. The van der Waals surface area contributed by atoms with Crippen LogP contribution in [-0.2, 0) is 6.54 Å². The van der Waals surface area contributed by atoms with Crippen molar-refractivity contribution >= 4 is 46.2 Å². The van der Waals surface area contributed by atoms with E-state index in [2.05, 4.69) is 41.4 Å². The van der Waals surface area contributed by atoms with Crippen LogP contribution < -0.4 is 10.6 Å². The van der Waals surface area contributed by atoms with Crippen molar-refractivity contribution in [1.29, 1.82) is 0 Å². The second kappa shape index (κ2) is 7.68. The lowest BCUT2D eigenvalue weighted by molar-refractivity contribution is 0.700. The van der Waals surface area contributed by atoms with Crippen LogP contribution in [0.25, 0.3) is 4.96 Å². The predicted molar refractivity (Wildman–Crippen MR) is 91.6 cm³/mol. The van der Waals surface area contributed by atoms with E-state index in [9.17, 15) is 0 Å². The first-order valence-corrected chi connectivity index (χ1v) is 7.03. The summed E-state index contributed by atoms with van der Waals surface area (Å²) in [6.45, 7) is 7.70. The zero-order valence-electron chi connectivity index (χ0n) is 11.4. The average Bonchev–Trinajstić information content (AvgIpc) is 2.85. The standard InChI is InChI=1S/C12H19N5S.HI/c1-4-13-11(15-9(2)3)14-7-10-8-17-5-6-18-12(17)16-10;/h5-6,8-9H,4,7H2,1-3H3,(H2,13,14,15);1H. The molecule has 19 heavy (non-hydrogen) atoms. The normalized spacial score (nSPS) is 11.7. The Labute approximate surface area is 134 Å². The zero-order chi connectivity index (χ0) is 13.0. The molecule has 0 amide bonds. The van der Waals surface area contributed by atoms with Crippen LogP contribution in [0.4, 0.5) is 0 Å². The molecule has 0 atom stereocenters. The first kappa shape index (κ1) is 16.2. The number of rotatable bonds is 4. The first-order valence-electron chi connectivity index (χ1n) is 6.15. The molecule has 7 heteroatoms. The van der Waals surface area contributed by atoms with Gasteiger partial charge in [-0.3, -0.25) is 4.40 Å². The summed E-state index contributed by atoms with van der Waals surface area (Å²) >= 11 is 1.64. The third-order valence-corrected chi connectivity index (χ3v) is 3.08. The van der Waals surface area contributed by atoms with E-state index in [0.717, 1.165) is 23.2 Å². The Bertz CT molecular complexity index is 502. The van der Waals surface area contributed by atoms with Gasteiger partial charge in [0.1, 0.15) is 0 Å². The predicted octanol–water partition coefficient (Wildman–Crippen LogP) is 2.48. The molecule has 2 aromatic heterocycles. The largest absolute Gasteiger partial charge is 0.357 e. The van der Waals surface area contributed by atoms with Gasteiger partial charge in [-0.25, -0.2) is 9.98 Å². The highest BCUT2D eigenvalue weighted by atomic mass is 127. The van der Waals surface area contributed by atoms with Gasteiger partial charge >= 0.3 is 0 Å². The van der Waals surface area contributed by atoms with E-state index in [1.807, 2.05) is 22.2 Å². The highest BCUT2D eigenvalue weighted by Gasteiger charge is 2.03. The lowest BCUT2D eigenvalue weighted by atomic mass is 10.4. The number of imidazole rings is 1. The topological polar surface area (TPSA) is 53.7 Å². The fourth-order valence-electron chi connectivity index (χ4n) is 1.61. The Morgan fingerprint density at radius 3 is 2.95 bits per heavy atom. The summed E-state index contributed by atoms with van der Waals surface area (Å²) in [5.41, 5.74) is 0.989. The monoisotopic (exact) mass is 393 g/mol. The number of nitrogens with zero attached hydrogens (tertiary/aromatic N) is 3. The van der Waals surface area contributed by atoms with Gasteiger partial charge in [0.2, 0.25) is 0 Å². The molecule has 5 nitrogen and oxygen atoms in total. The summed E-state index contributed by atoms with van der Waals surface area (Å²) in [4.78, 5) is 10.0. The van der Waals surface area contributed by atoms with Gasteiger partial charge in [0, 0.05) is 30.4 Å². The second-order valence-electron chi connectivity index (χ2n) is 4.32. The smallest absolute Gasteiger partial charge is 0.193 e. The summed E-state index contributed by atoms with van der Waals surface area (Å²) in [6.07, 6.45) is 4.03. The number of aromatic nitrogens is 2. The van der Waals surface area contributed by atoms with Crippen molar-refractivity contribution in [3.05, 3.63) is 23.5 Å². The number of fused-ring (bicyclic) bond motifs is 1. The molecule has 0 saturated heterocycles. The highest BCUT2D eigenvalue weighted by Crippen LogP contribution is 2.11. The minimum Gasteiger partial charge on any atom is -0.357 e. The minimum absolute atomic E-state index is 0. The van der Waals surface area contributed by atoms with Gasteiger partial charge in [-0.2, -0.15) is 0 Å². The molecule has 0 fully saturated rings. The van der Waals surface area contributed by atoms with Gasteiger partial charge in [0.25, 0.3) is 0 Å². The molecule has 2 aromatic rings. The van der Waals surface area contributed by atoms with E-state index < -0.39 is 0 Å². The van der Waals surface area contributed by atoms with Crippen molar-refractivity contribution in [3.8, 4) is 0 Å². The van der Waals surface area contributed by atoms with E-state index >= 15 is 0 Å². The van der Waals surface area contributed by atoms with Crippen LogP contribution in [0.5, 0.6) is 0 Å². The third-order valence-electron chi connectivity index (χ3n) is 2.31. The van der Waals surface area contributed by atoms with E-state index in [-0.39, 0.29) is 24.0 Å². The first-order chi connectivity index (χ1) is 8.69. The maximum atomic E-state index is 4.52. The van der Waals surface area contributed by atoms with Crippen LogP contribution in [0.1, 0.15) is 26.5 Å². The van der Waals surface area contributed by atoms with Crippen molar-refractivity contribution in [1.82, 2.24) is 20.0 Å². The molecule has 0 saturated carbocycles. The van der Waals surface area contributed by atoms with Gasteiger partial charge in [0.15, 0.2) is 10.9 Å². The molecule has 2 heterocycles. The average molecular weight is 393 g/mol. The molecule has 0 aromatic carbocycles. The summed E-state index contributed by atoms with van der Waals surface area (Å²) in [5, 5.41) is 8.53. The maximum absolute atomic E-state index is 4.52. The molecule has 0 aliphatic heterocycles. The second-order valence-corrected chi connectivity index (χ2v) is 5.19. The Morgan fingerprint density at radius 2 is 2.32 bits per heavy atom. The molecular weight excluding hydrogens is 373 g/mol. The Balaban J connectivity index is 0.00000180. The van der Waals surface area contributed by atoms with Crippen LogP contribution >= 0.6 is 35.3 Å². The Hall–Kier alpha value is -0.830. The van der Waals surface area contributed by atoms with Crippen LogP contribution in [0, 0.1) is 0 Å². The van der Waals surface area contributed by atoms with Crippen molar-refractivity contribution in [2.24, 2.45) is 4.99 Å². The number of hydrogen-bond acceptors (Lipinski definition) is 3. The van der Waals surface area contributed by atoms with Gasteiger partial charge < -0.3 is 10.6 Å². The van der Waals surface area contributed by atoms with Crippen molar-refractivity contribution in [2.45, 2.75) is 33.4 Å². The summed E-state index contributed by atoms with van der Waals surface area (Å²) in [5.74, 6) is 0.837. The van der Waals surface area contributed by atoms with E-state index in [4.69, 9.17) is 0 Å². The highest BCUT2D eigenvalue weighted by molar-refractivity contribution is 14.0. The fourth-order valence-corrected chi connectivity index (χ4v) is 2.32. The van der Waals surface area contributed by atoms with Crippen LogP contribution in [-0.4, -0.2) is 27.9 Å². The molecule has 0 unspecified atom stereocenters. The zero-order valence-corrected chi connectivity index (χ0v) is 14.5. The van der Waals surface area contributed by atoms with Crippen LogP contribution in [0.3, 0.4) is 0 Å². The molecule has 0 spiro atoms. The summed E-state index contributed by atoms with van der Waals surface area (Å²) < 4.78 is 2.03. The molecule has 0 aliphatic carbocycles. The lowest BCUT2D eigenvalue weighted by Gasteiger charge is -2.13. The van der Waals surface area contributed by atoms with Crippen molar-refractivity contribution in [2.75, 3.05) is 6.54 Å². The number of aliphatic imine (C=N–C) groups is 1. The maximum Gasteiger partial charge on any atom is 0.193 e. The number of halogens is 1. The number of guanidine groups is 1. The minimum atomic E-state index is 0. The molecule has 0 bridgehead atoms. The third kappa shape index (κ3) is 4.64. The van der Waals surface area contributed by atoms with Crippen molar-refractivity contribution < 1.29 is 0 Å². The molecule has 106 valence electrons. The molecule has 0 radical (unpaired) electrons. The van der Waals surface area contributed by atoms with Gasteiger partial charge in [-0.1, -0.05) is 0 Å². The fraction of sp³-hybridized carbons (Fsp3) is 0.500. The van der Waals surface area contributed by atoms with E-state index in [1.54, 1.807) is 11.3 Å². The number of nitrogens with one attached hydrogen (secondary N) is 2. The number of thiazole rings is 1. The summed E-state index contributed by atoms with van der Waals surface area (Å²) in [6, 6.07) is 0.369. The number of hydrogen-bond donors (Lipinski definition) is 2. The van der Waals surface area contributed by atoms with E-state index in [1.165, 1.54) is 0 Å². The molecule has 2 N–H and O–H groups in total. The van der Waals surface area contributed by atoms with Crippen LogP contribution in [0.2, 0.25) is 0 Å². The quantitative estimate of drug-likeness (QED) is 0.477. The van der Waals surface area contributed by atoms with Crippen LogP contribution in [0.15, 0.2) is 22.8 Å². The Kier molecular flexibility index (Phi) is 6.56. The van der Waals surface area contributed by atoms with Gasteiger partial charge in [-0.05, 0) is 20.8 Å². The van der Waals surface area contributed by atoms with Gasteiger partial charge in [-0.15, -0.1) is 35.3 Å². The molecule has 0 aliphatic rings. The SMILES string of the molecule is CCNC(=NCc1cn2ccsc2n1)NC(C)C.I. The van der Waals surface area contributed by atoms with Crippen molar-refractivity contribution in [3.63, 3.8) is 0 Å². The van der Waals surface area contributed by atoms with E-state index in [0.29, 0.717) is 12.6 Å².